The lowest BCUT2D eigenvalue weighted by atomic mass is 10.0. The Kier molecular flexibility index (Phi) is 4.02. The lowest BCUT2D eigenvalue weighted by Gasteiger charge is -2.15. The number of likely N-dealkylation sites (N-methyl/N-ethyl adjacent to an activating group) is 1. The number of fused-ring (bicyclic) bond motifs is 1. The van der Waals surface area contributed by atoms with Gasteiger partial charge < -0.3 is 15.3 Å². The van der Waals surface area contributed by atoms with Gasteiger partial charge in [-0.15, -0.1) is 0 Å². The van der Waals surface area contributed by atoms with E-state index in [9.17, 15) is 0 Å². The van der Waals surface area contributed by atoms with Crippen molar-refractivity contribution in [1.82, 2.24) is 4.90 Å². The summed E-state index contributed by atoms with van der Waals surface area (Å²) in [4.78, 5) is 2.16. The molecule has 1 aromatic carbocycles. The fourth-order valence-corrected chi connectivity index (χ4v) is 2.36. The van der Waals surface area contributed by atoms with E-state index in [0.29, 0.717) is 6.04 Å². The van der Waals surface area contributed by atoms with Gasteiger partial charge >= 0.3 is 0 Å². The number of rotatable bonds is 5. The van der Waals surface area contributed by atoms with E-state index >= 15 is 0 Å². The minimum Gasteiger partial charge on any atom is -0.395 e. The van der Waals surface area contributed by atoms with E-state index < -0.39 is 0 Å². The van der Waals surface area contributed by atoms with E-state index in [0.717, 1.165) is 25.9 Å². The van der Waals surface area contributed by atoms with Gasteiger partial charge in [0.2, 0.25) is 0 Å². The van der Waals surface area contributed by atoms with E-state index in [2.05, 4.69) is 35.3 Å². The van der Waals surface area contributed by atoms with Crippen molar-refractivity contribution >= 4 is 5.69 Å². The van der Waals surface area contributed by atoms with Gasteiger partial charge in [-0.05, 0) is 44.0 Å². The van der Waals surface area contributed by atoms with Crippen LogP contribution in [0.1, 0.15) is 18.1 Å². The van der Waals surface area contributed by atoms with Gasteiger partial charge in [0.25, 0.3) is 0 Å². The van der Waals surface area contributed by atoms with E-state index in [-0.39, 0.29) is 6.61 Å². The van der Waals surface area contributed by atoms with Crippen LogP contribution in [0.2, 0.25) is 0 Å². The number of nitrogens with one attached hydrogen (secondary N) is 1. The van der Waals surface area contributed by atoms with Gasteiger partial charge in [-0.3, -0.25) is 0 Å². The van der Waals surface area contributed by atoms with Crippen molar-refractivity contribution in [2.45, 2.75) is 25.8 Å². The molecule has 17 heavy (non-hydrogen) atoms. The summed E-state index contributed by atoms with van der Waals surface area (Å²) in [6, 6.07) is 7.28. The SMILES string of the molecule is CC1Cc2cc(CCN(C)CCO)ccc2N1. The lowest BCUT2D eigenvalue weighted by molar-refractivity contribution is 0.223. The minimum atomic E-state index is 0.238. The maximum atomic E-state index is 8.84. The molecule has 1 heterocycles. The molecule has 0 amide bonds. The zero-order chi connectivity index (χ0) is 12.3. The molecule has 3 nitrogen and oxygen atoms in total. The number of aliphatic hydroxyl groups is 1. The second kappa shape index (κ2) is 5.52. The Bertz CT molecular complexity index is 378. The van der Waals surface area contributed by atoms with Crippen LogP contribution in [0.5, 0.6) is 0 Å². The molecule has 1 unspecified atom stereocenters. The highest BCUT2D eigenvalue weighted by molar-refractivity contribution is 5.57. The summed E-state index contributed by atoms with van der Waals surface area (Å²) >= 11 is 0. The summed E-state index contributed by atoms with van der Waals surface area (Å²) in [7, 11) is 2.05. The van der Waals surface area contributed by atoms with E-state index in [4.69, 9.17) is 5.11 Å². The van der Waals surface area contributed by atoms with Crippen LogP contribution in [0, 0.1) is 0 Å². The van der Waals surface area contributed by atoms with Crippen LogP contribution in [-0.2, 0) is 12.8 Å². The van der Waals surface area contributed by atoms with Gasteiger partial charge in [-0.25, -0.2) is 0 Å². The summed E-state index contributed by atoms with van der Waals surface area (Å²) < 4.78 is 0. The summed E-state index contributed by atoms with van der Waals surface area (Å²) in [5, 5.41) is 12.3. The van der Waals surface area contributed by atoms with Crippen LogP contribution in [0.25, 0.3) is 0 Å². The van der Waals surface area contributed by atoms with Crippen molar-refractivity contribution in [2.75, 3.05) is 32.1 Å². The number of hydrogen-bond donors (Lipinski definition) is 2. The Morgan fingerprint density at radius 3 is 3.00 bits per heavy atom. The highest BCUT2D eigenvalue weighted by atomic mass is 16.3. The van der Waals surface area contributed by atoms with Crippen molar-refractivity contribution in [3.05, 3.63) is 29.3 Å². The van der Waals surface area contributed by atoms with Crippen LogP contribution in [0.4, 0.5) is 5.69 Å². The van der Waals surface area contributed by atoms with Crippen molar-refractivity contribution < 1.29 is 5.11 Å². The molecular formula is C14H22N2O. The second-order valence-electron chi connectivity index (χ2n) is 5.02. The number of anilines is 1. The molecule has 0 aliphatic carbocycles. The third-order valence-corrected chi connectivity index (χ3v) is 3.36. The normalized spacial score (nSPS) is 18.2. The Labute approximate surface area is 103 Å². The smallest absolute Gasteiger partial charge is 0.0558 e. The predicted molar refractivity (Wildman–Crippen MR) is 71.5 cm³/mol. The Morgan fingerprint density at radius 1 is 1.41 bits per heavy atom. The van der Waals surface area contributed by atoms with E-state index in [1.54, 1.807) is 0 Å². The summed E-state index contributed by atoms with van der Waals surface area (Å²) in [6.07, 6.45) is 2.19. The van der Waals surface area contributed by atoms with Crippen LogP contribution >= 0.6 is 0 Å². The molecule has 0 spiro atoms. The monoisotopic (exact) mass is 234 g/mol. The molecule has 1 aliphatic heterocycles. The molecule has 0 aromatic heterocycles. The third-order valence-electron chi connectivity index (χ3n) is 3.36. The van der Waals surface area contributed by atoms with Gasteiger partial charge in [0.05, 0.1) is 6.61 Å². The van der Waals surface area contributed by atoms with Crippen molar-refractivity contribution in [3.63, 3.8) is 0 Å². The molecular weight excluding hydrogens is 212 g/mol. The number of benzene rings is 1. The molecule has 0 saturated carbocycles. The summed E-state index contributed by atoms with van der Waals surface area (Å²) in [6.45, 7) is 4.21. The van der Waals surface area contributed by atoms with Crippen LogP contribution < -0.4 is 5.32 Å². The molecule has 0 saturated heterocycles. The maximum absolute atomic E-state index is 8.84. The first-order valence-corrected chi connectivity index (χ1v) is 6.37. The second-order valence-corrected chi connectivity index (χ2v) is 5.02. The first kappa shape index (κ1) is 12.4. The van der Waals surface area contributed by atoms with Gasteiger partial charge in [-0.1, -0.05) is 12.1 Å². The molecule has 3 heteroatoms. The van der Waals surface area contributed by atoms with Gasteiger partial charge in [0.1, 0.15) is 0 Å². The average Bonchev–Trinajstić information content (AvgIpc) is 2.66. The molecule has 94 valence electrons. The Balaban J connectivity index is 1.92. The van der Waals surface area contributed by atoms with Gasteiger partial charge in [0.15, 0.2) is 0 Å². The number of hydrogen-bond acceptors (Lipinski definition) is 3. The van der Waals surface area contributed by atoms with Crippen LogP contribution in [0.3, 0.4) is 0 Å². The molecule has 0 radical (unpaired) electrons. The Hall–Kier alpha value is -1.06. The molecule has 1 aliphatic rings. The molecule has 0 fully saturated rings. The maximum Gasteiger partial charge on any atom is 0.0558 e. The molecule has 2 N–H and O–H groups in total. The van der Waals surface area contributed by atoms with Crippen LogP contribution in [-0.4, -0.2) is 42.8 Å². The first-order valence-electron chi connectivity index (χ1n) is 6.37. The number of aliphatic hydroxyl groups excluding tert-OH is 1. The largest absolute Gasteiger partial charge is 0.395 e. The molecule has 1 aromatic rings. The third kappa shape index (κ3) is 3.20. The minimum absolute atomic E-state index is 0.238. The molecule has 0 bridgehead atoms. The Morgan fingerprint density at radius 2 is 2.24 bits per heavy atom. The van der Waals surface area contributed by atoms with Crippen molar-refractivity contribution in [2.24, 2.45) is 0 Å². The van der Waals surface area contributed by atoms with E-state index in [1.807, 2.05) is 7.05 Å². The standard InChI is InChI=1S/C14H22N2O/c1-11-9-13-10-12(3-4-14(13)15-11)5-6-16(2)7-8-17/h3-4,10-11,15,17H,5-9H2,1-2H3. The van der Waals surface area contributed by atoms with Crippen molar-refractivity contribution in [3.8, 4) is 0 Å². The first-order chi connectivity index (χ1) is 8.19. The van der Waals surface area contributed by atoms with Crippen LogP contribution in [0.15, 0.2) is 18.2 Å². The van der Waals surface area contributed by atoms with Gasteiger partial charge in [-0.2, -0.15) is 0 Å². The molecule has 2 rings (SSSR count). The number of nitrogens with zero attached hydrogens (tertiary/aromatic N) is 1. The summed E-state index contributed by atoms with van der Waals surface area (Å²) in [5.74, 6) is 0. The predicted octanol–water partition coefficient (Wildman–Crippen LogP) is 1.51. The van der Waals surface area contributed by atoms with Gasteiger partial charge in [0, 0.05) is 24.8 Å². The average molecular weight is 234 g/mol. The zero-order valence-electron chi connectivity index (χ0n) is 10.7. The highest BCUT2D eigenvalue weighted by Gasteiger charge is 2.16. The fourth-order valence-electron chi connectivity index (χ4n) is 2.36. The molecule has 1 atom stereocenters. The topological polar surface area (TPSA) is 35.5 Å². The van der Waals surface area contributed by atoms with Crippen molar-refractivity contribution in [1.29, 1.82) is 0 Å². The lowest BCUT2D eigenvalue weighted by Crippen LogP contribution is -2.24. The quantitative estimate of drug-likeness (QED) is 0.810. The summed E-state index contributed by atoms with van der Waals surface area (Å²) in [5.41, 5.74) is 4.13. The highest BCUT2D eigenvalue weighted by Crippen LogP contribution is 2.26. The fraction of sp³-hybridized carbons (Fsp3) is 0.571. The zero-order valence-corrected chi connectivity index (χ0v) is 10.7. The van der Waals surface area contributed by atoms with E-state index in [1.165, 1.54) is 16.8 Å².